The molecule has 5 rings (SSSR count). The van der Waals surface area contributed by atoms with Crippen molar-refractivity contribution in [3.63, 3.8) is 0 Å². The number of esters is 1. The maximum absolute atomic E-state index is 13.7. The molecule has 3 aromatic carbocycles. The Morgan fingerprint density at radius 1 is 0.895 bits per heavy atom. The predicted molar refractivity (Wildman–Crippen MR) is 149 cm³/mol. The summed E-state index contributed by atoms with van der Waals surface area (Å²) in [6, 6.07) is 24.2. The second kappa shape index (κ2) is 11.5. The summed E-state index contributed by atoms with van der Waals surface area (Å²) in [7, 11) is 0. The fourth-order valence-electron chi connectivity index (χ4n) is 5.30. The Labute approximate surface area is 232 Å². The van der Waals surface area contributed by atoms with Gasteiger partial charge in [0, 0.05) is 39.4 Å². The van der Waals surface area contributed by atoms with E-state index in [0.717, 1.165) is 16.8 Å². The number of aliphatic imine (C=N–C) groups is 1. The molecule has 0 fully saturated rings. The Balaban J connectivity index is 1.41. The summed E-state index contributed by atoms with van der Waals surface area (Å²) in [6.45, 7) is 2.12. The van der Waals surface area contributed by atoms with E-state index >= 15 is 0 Å². The van der Waals surface area contributed by atoms with E-state index in [2.05, 4.69) is 0 Å². The number of Topliss-reactive ketones (excluding diaryl/α,β-unsaturated/α-hetero) is 1. The smallest absolute Gasteiger partial charge is 0.315 e. The van der Waals surface area contributed by atoms with Crippen molar-refractivity contribution >= 4 is 40.7 Å². The van der Waals surface area contributed by atoms with Crippen molar-refractivity contribution in [2.24, 2.45) is 10.9 Å². The number of hydrogen-bond donors (Lipinski definition) is 0. The third-order valence-electron chi connectivity index (χ3n) is 7.03. The number of carbonyl (C=O) groups excluding carboxylic acids is 2. The zero-order chi connectivity index (χ0) is 26.6. The van der Waals surface area contributed by atoms with E-state index in [1.165, 1.54) is 0 Å². The highest BCUT2D eigenvalue weighted by atomic mass is 35.5. The fourth-order valence-corrected chi connectivity index (χ4v) is 5.63. The van der Waals surface area contributed by atoms with Gasteiger partial charge in [0.25, 0.3) is 0 Å². The van der Waals surface area contributed by atoms with Crippen LogP contribution in [0.2, 0.25) is 10.0 Å². The number of carbonyl (C=O) groups is 2. The minimum atomic E-state index is -0.736. The van der Waals surface area contributed by atoms with Crippen LogP contribution in [0.1, 0.15) is 42.7 Å². The van der Waals surface area contributed by atoms with Gasteiger partial charge in [-0.15, -0.1) is 0 Å². The summed E-state index contributed by atoms with van der Waals surface area (Å²) < 4.78 is 11.3. The molecule has 1 aliphatic heterocycles. The molecule has 1 aliphatic carbocycles. The van der Waals surface area contributed by atoms with Gasteiger partial charge in [0.1, 0.15) is 24.9 Å². The summed E-state index contributed by atoms with van der Waals surface area (Å²) in [6.07, 6.45) is 0.933. The first-order valence-corrected chi connectivity index (χ1v) is 13.3. The molecular weight excluding hydrogens is 521 g/mol. The highest BCUT2D eigenvalue weighted by Crippen LogP contribution is 2.47. The molecule has 194 valence electrons. The molecule has 0 saturated heterocycles. The van der Waals surface area contributed by atoms with Gasteiger partial charge in [0.15, 0.2) is 5.78 Å². The zero-order valence-electron chi connectivity index (χ0n) is 20.9. The highest BCUT2D eigenvalue weighted by molar-refractivity contribution is 6.31. The zero-order valence-corrected chi connectivity index (χ0v) is 22.4. The largest absolute Gasteiger partial charge is 0.490 e. The van der Waals surface area contributed by atoms with Crippen LogP contribution in [0.3, 0.4) is 0 Å². The molecule has 3 atom stereocenters. The van der Waals surface area contributed by atoms with Gasteiger partial charge in [-0.1, -0.05) is 65.7 Å². The second-order valence-corrected chi connectivity index (χ2v) is 10.4. The van der Waals surface area contributed by atoms with Gasteiger partial charge < -0.3 is 9.47 Å². The summed E-state index contributed by atoms with van der Waals surface area (Å²) in [5.41, 5.74) is 3.75. The first-order chi connectivity index (χ1) is 18.4. The van der Waals surface area contributed by atoms with Gasteiger partial charge in [-0.3, -0.25) is 14.6 Å². The third-order valence-corrected chi connectivity index (χ3v) is 7.52. The molecule has 5 nitrogen and oxygen atoms in total. The van der Waals surface area contributed by atoms with E-state index in [0.29, 0.717) is 39.9 Å². The Morgan fingerprint density at radius 2 is 1.66 bits per heavy atom. The summed E-state index contributed by atoms with van der Waals surface area (Å²) >= 11 is 12.4. The van der Waals surface area contributed by atoms with Crippen molar-refractivity contribution in [2.45, 2.75) is 31.6 Å². The van der Waals surface area contributed by atoms with Crippen LogP contribution in [-0.4, -0.2) is 30.7 Å². The molecule has 0 amide bonds. The van der Waals surface area contributed by atoms with E-state index < -0.39 is 17.8 Å². The average molecular weight is 548 g/mol. The lowest BCUT2D eigenvalue weighted by molar-refractivity contribution is -0.147. The van der Waals surface area contributed by atoms with Crippen LogP contribution >= 0.6 is 23.2 Å². The van der Waals surface area contributed by atoms with Crippen molar-refractivity contribution in [3.8, 4) is 5.75 Å². The van der Waals surface area contributed by atoms with Gasteiger partial charge in [-0.05, 0) is 66.8 Å². The van der Waals surface area contributed by atoms with Gasteiger partial charge >= 0.3 is 5.97 Å². The number of halogens is 2. The molecule has 3 aromatic rings. The van der Waals surface area contributed by atoms with E-state index in [9.17, 15) is 9.59 Å². The Morgan fingerprint density at radius 3 is 2.39 bits per heavy atom. The molecule has 0 bridgehead atoms. The van der Waals surface area contributed by atoms with Crippen LogP contribution in [0.25, 0.3) is 0 Å². The van der Waals surface area contributed by atoms with Crippen molar-refractivity contribution in [1.29, 1.82) is 0 Å². The third kappa shape index (κ3) is 5.69. The van der Waals surface area contributed by atoms with Crippen molar-refractivity contribution in [3.05, 3.63) is 111 Å². The quantitative estimate of drug-likeness (QED) is 0.232. The molecule has 1 unspecified atom stereocenters. The van der Waals surface area contributed by atoms with E-state index in [4.69, 9.17) is 37.7 Å². The maximum atomic E-state index is 13.7. The molecular formula is C31H27Cl2NO4. The fraction of sp³-hybridized carbons (Fsp3) is 0.258. The standard InChI is InChI=1S/C31H27Cl2NO4/c1-19-28(31(36)38-15-14-37-25-8-3-2-4-9-25)29(21-6-5-7-24(33)16-21)30-26(34-19)17-22(18-27(30)35)20-10-12-23(32)13-11-20/h2-13,16,22,28-29H,14-15,17-18H2,1H3/t22-,28?,29-/m1/s1. The molecule has 7 heteroatoms. The van der Waals surface area contributed by atoms with E-state index in [1.807, 2.05) is 79.7 Å². The topological polar surface area (TPSA) is 65.0 Å². The first kappa shape index (κ1) is 26.2. The van der Waals surface area contributed by atoms with Crippen LogP contribution in [0.5, 0.6) is 5.75 Å². The monoisotopic (exact) mass is 547 g/mol. The molecule has 0 spiro atoms. The van der Waals surface area contributed by atoms with Gasteiger partial charge in [-0.25, -0.2) is 0 Å². The van der Waals surface area contributed by atoms with Crippen LogP contribution < -0.4 is 4.74 Å². The molecule has 2 aliphatic rings. The van der Waals surface area contributed by atoms with Gasteiger partial charge in [-0.2, -0.15) is 0 Å². The first-order valence-electron chi connectivity index (χ1n) is 12.6. The molecule has 0 N–H and O–H groups in total. The number of allylic oxidation sites excluding steroid dienone is 2. The minimum Gasteiger partial charge on any atom is -0.490 e. The van der Waals surface area contributed by atoms with Crippen molar-refractivity contribution < 1.29 is 19.1 Å². The Kier molecular flexibility index (Phi) is 7.96. The molecule has 1 heterocycles. The normalized spacial score (nSPS) is 21.0. The lowest BCUT2D eigenvalue weighted by Crippen LogP contribution is -2.38. The molecule has 0 aromatic heterocycles. The number of ether oxygens (including phenoxy) is 2. The molecule has 38 heavy (non-hydrogen) atoms. The number of rotatable bonds is 7. The minimum absolute atomic E-state index is 0.00582. The van der Waals surface area contributed by atoms with Crippen molar-refractivity contribution in [1.82, 2.24) is 0 Å². The summed E-state index contributed by atoms with van der Waals surface area (Å²) in [4.78, 5) is 31.9. The van der Waals surface area contributed by atoms with E-state index in [-0.39, 0.29) is 24.9 Å². The van der Waals surface area contributed by atoms with Crippen molar-refractivity contribution in [2.75, 3.05) is 13.2 Å². The lowest BCUT2D eigenvalue weighted by atomic mass is 9.69. The Hall–Kier alpha value is -3.41. The maximum Gasteiger partial charge on any atom is 0.315 e. The Bertz CT molecular complexity index is 1400. The van der Waals surface area contributed by atoms with Gasteiger partial charge in [0.05, 0.1) is 0 Å². The van der Waals surface area contributed by atoms with Crippen LogP contribution in [-0.2, 0) is 14.3 Å². The second-order valence-electron chi connectivity index (χ2n) is 9.53. The number of benzene rings is 3. The van der Waals surface area contributed by atoms with E-state index in [1.54, 1.807) is 6.07 Å². The van der Waals surface area contributed by atoms with Gasteiger partial charge in [0.2, 0.25) is 0 Å². The lowest BCUT2D eigenvalue weighted by Gasteiger charge is -2.36. The molecule has 0 saturated carbocycles. The molecule has 0 radical (unpaired) electrons. The average Bonchev–Trinajstić information content (AvgIpc) is 2.91. The van der Waals surface area contributed by atoms with Crippen LogP contribution in [0, 0.1) is 5.92 Å². The number of para-hydroxylation sites is 1. The summed E-state index contributed by atoms with van der Waals surface area (Å²) in [5.74, 6) is -1.02. The van der Waals surface area contributed by atoms with Crippen LogP contribution in [0.15, 0.2) is 95.1 Å². The number of ketones is 1. The van der Waals surface area contributed by atoms with Crippen LogP contribution in [0.4, 0.5) is 0 Å². The predicted octanol–water partition coefficient (Wildman–Crippen LogP) is 7.19. The highest BCUT2D eigenvalue weighted by Gasteiger charge is 2.44. The SMILES string of the molecule is CC1=NC2=C(C(=O)C[C@H](c3ccc(Cl)cc3)C2)[C@H](c2cccc(Cl)c2)C1C(=O)OCCOc1ccccc1. The number of hydrogen-bond acceptors (Lipinski definition) is 5. The number of nitrogens with zero attached hydrogens (tertiary/aromatic N) is 1. The summed E-state index contributed by atoms with van der Waals surface area (Å²) in [5, 5.41) is 1.19.